The molecule has 1 heterocycles. The highest BCUT2D eigenvalue weighted by molar-refractivity contribution is 5.45. The standard InChI is InChI=1S/C13H10N2O/c14-8-12-7-10(3-4-13(12)16)6-11-2-1-5-15-9-11/h1-5,7,9,16H,6H2. The highest BCUT2D eigenvalue weighted by Crippen LogP contribution is 2.19. The summed E-state index contributed by atoms with van der Waals surface area (Å²) in [4.78, 5) is 4.03. The van der Waals surface area contributed by atoms with Gasteiger partial charge in [0.15, 0.2) is 0 Å². The Labute approximate surface area is 93.6 Å². The average molecular weight is 210 g/mol. The molecule has 0 aliphatic rings. The number of phenolic OH excluding ortho intramolecular Hbond substituents is 1. The van der Waals surface area contributed by atoms with E-state index in [1.165, 1.54) is 0 Å². The molecule has 0 aliphatic heterocycles. The Bertz CT molecular complexity index is 529. The molecule has 0 amide bonds. The second-order valence-electron chi connectivity index (χ2n) is 3.50. The van der Waals surface area contributed by atoms with Gasteiger partial charge in [0.2, 0.25) is 0 Å². The summed E-state index contributed by atoms with van der Waals surface area (Å²) in [6.07, 6.45) is 4.22. The van der Waals surface area contributed by atoms with E-state index in [4.69, 9.17) is 5.26 Å². The van der Waals surface area contributed by atoms with Gasteiger partial charge in [-0.3, -0.25) is 4.98 Å². The summed E-state index contributed by atoms with van der Waals surface area (Å²) in [5.41, 5.74) is 2.38. The normalized spacial score (nSPS) is 9.69. The molecule has 0 saturated heterocycles. The van der Waals surface area contributed by atoms with Crippen molar-refractivity contribution in [1.29, 1.82) is 5.26 Å². The molecule has 1 aromatic heterocycles. The number of hydrogen-bond acceptors (Lipinski definition) is 3. The monoisotopic (exact) mass is 210 g/mol. The van der Waals surface area contributed by atoms with Gasteiger partial charge in [-0.05, 0) is 35.7 Å². The summed E-state index contributed by atoms with van der Waals surface area (Å²) in [6, 6.07) is 10.9. The van der Waals surface area contributed by atoms with Crippen molar-refractivity contribution in [2.75, 3.05) is 0 Å². The average Bonchev–Trinajstić information content (AvgIpc) is 2.33. The van der Waals surface area contributed by atoms with E-state index in [9.17, 15) is 5.11 Å². The second kappa shape index (κ2) is 4.45. The topological polar surface area (TPSA) is 56.9 Å². The maximum absolute atomic E-state index is 9.37. The minimum Gasteiger partial charge on any atom is -0.507 e. The Morgan fingerprint density at radius 2 is 2.12 bits per heavy atom. The van der Waals surface area contributed by atoms with Crippen LogP contribution in [0.2, 0.25) is 0 Å². The zero-order chi connectivity index (χ0) is 11.4. The summed E-state index contributed by atoms with van der Waals surface area (Å²) < 4.78 is 0. The van der Waals surface area contributed by atoms with Crippen molar-refractivity contribution in [3.8, 4) is 11.8 Å². The Morgan fingerprint density at radius 1 is 1.25 bits per heavy atom. The van der Waals surface area contributed by atoms with Crippen LogP contribution >= 0.6 is 0 Å². The third kappa shape index (κ3) is 2.18. The first-order valence-electron chi connectivity index (χ1n) is 4.90. The number of phenols is 1. The van der Waals surface area contributed by atoms with Gasteiger partial charge in [-0.25, -0.2) is 0 Å². The number of hydrogen-bond donors (Lipinski definition) is 1. The molecule has 3 heteroatoms. The van der Waals surface area contributed by atoms with Crippen LogP contribution in [0.1, 0.15) is 16.7 Å². The largest absolute Gasteiger partial charge is 0.507 e. The summed E-state index contributed by atoms with van der Waals surface area (Å²) in [5.74, 6) is 0.0254. The van der Waals surface area contributed by atoms with Crippen LogP contribution < -0.4 is 0 Å². The Kier molecular flexibility index (Phi) is 2.84. The van der Waals surface area contributed by atoms with E-state index >= 15 is 0 Å². The SMILES string of the molecule is N#Cc1cc(Cc2cccnc2)ccc1O. The van der Waals surface area contributed by atoms with Gasteiger partial charge in [-0.15, -0.1) is 0 Å². The Hall–Kier alpha value is -2.34. The molecule has 0 atom stereocenters. The number of benzene rings is 1. The summed E-state index contributed by atoms with van der Waals surface area (Å²) in [5, 5.41) is 18.2. The molecule has 1 N–H and O–H groups in total. The fourth-order valence-electron chi connectivity index (χ4n) is 1.52. The van der Waals surface area contributed by atoms with Crippen LogP contribution in [0.5, 0.6) is 5.75 Å². The van der Waals surface area contributed by atoms with Crippen molar-refractivity contribution in [1.82, 2.24) is 4.98 Å². The molecule has 16 heavy (non-hydrogen) atoms. The fourth-order valence-corrected chi connectivity index (χ4v) is 1.52. The quantitative estimate of drug-likeness (QED) is 0.827. The molecule has 2 aromatic rings. The number of nitriles is 1. The number of rotatable bonds is 2. The first-order valence-corrected chi connectivity index (χ1v) is 4.90. The zero-order valence-electron chi connectivity index (χ0n) is 8.59. The van der Waals surface area contributed by atoms with Crippen molar-refractivity contribution in [3.63, 3.8) is 0 Å². The lowest BCUT2D eigenvalue weighted by Gasteiger charge is -2.02. The smallest absolute Gasteiger partial charge is 0.133 e. The van der Waals surface area contributed by atoms with Crippen molar-refractivity contribution < 1.29 is 5.11 Å². The minimum atomic E-state index is 0.0254. The first-order chi connectivity index (χ1) is 7.79. The molecule has 0 spiro atoms. The molecule has 0 unspecified atom stereocenters. The molecule has 0 saturated carbocycles. The summed E-state index contributed by atoms with van der Waals surface area (Å²) >= 11 is 0. The van der Waals surface area contributed by atoms with E-state index in [-0.39, 0.29) is 5.75 Å². The third-order valence-electron chi connectivity index (χ3n) is 2.31. The molecule has 3 nitrogen and oxygen atoms in total. The first kappa shape index (κ1) is 10.2. The van der Waals surface area contributed by atoms with Gasteiger partial charge in [0.25, 0.3) is 0 Å². The van der Waals surface area contributed by atoms with Gasteiger partial charge in [-0.1, -0.05) is 12.1 Å². The van der Waals surface area contributed by atoms with E-state index < -0.39 is 0 Å². The van der Waals surface area contributed by atoms with Gasteiger partial charge < -0.3 is 5.11 Å². The van der Waals surface area contributed by atoms with E-state index in [2.05, 4.69) is 4.98 Å². The van der Waals surface area contributed by atoms with Crippen LogP contribution in [0.15, 0.2) is 42.7 Å². The molecule has 1 aromatic carbocycles. The maximum Gasteiger partial charge on any atom is 0.133 e. The molecule has 0 aliphatic carbocycles. The molecule has 2 rings (SSSR count). The van der Waals surface area contributed by atoms with Crippen LogP contribution in [0, 0.1) is 11.3 Å². The van der Waals surface area contributed by atoms with Crippen LogP contribution in [0.4, 0.5) is 0 Å². The molecular weight excluding hydrogens is 200 g/mol. The highest BCUT2D eigenvalue weighted by atomic mass is 16.3. The van der Waals surface area contributed by atoms with Crippen LogP contribution in [0.3, 0.4) is 0 Å². The van der Waals surface area contributed by atoms with E-state index in [0.29, 0.717) is 12.0 Å². The van der Waals surface area contributed by atoms with Crippen molar-refractivity contribution >= 4 is 0 Å². The van der Waals surface area contributed by atoms with Crippen molar-refractivity contribution in [3.05, 3.63) is 59.4 Å². The molecular formula is C13H10N2O. The molecule has 0 fully saturated rings. The van der Waals surface area contributed by atoms with Crippen molar-refractivity contribution in [2.24, 2.45) is 0 Å². The van der Waals surface area contributed by atoms with Crippen LogP contribution in [0.25, 0.3) is 0 Å². The van der Waals surface area contributed by atoms with Crippen LogP contribution in [-0.2, 0) is 6.42 Å². The molecule has 78 valence electrons. The highest BCUT2D eigenvalue weighted by Gasteiger charge is 2.02. The van der Waals surface area contributed by atoms with Gasteiger partial charge in [0.1, 0.15) is 11.8 Å². The number of aromatic hydroxyl groups is 1. The van der Waals surface area contributed by atoms with E-state index in [1.54, 1.807) is 24.5 Å². The lowest BCUT2D eigenvalue weighted by molar-refractivity contribution is 0.473. The Morgan fingerprint density at radius 3 is 2.81 bits per heavy atom. The molecule has 0 radical (unpaired) electrons. The number of pyridine rings is 1. The zero-order valence-corrected chi connectivity index (χ0v) is 8.59. The number of nitrogens with zero attached hydrogens (tertiary/aromatic N) is 2. The van der Waals surface area contributed by atoms with Gasteiger partial charge >= 0.3 is 0 Å². The third-order valence-corrected chi connectivity index (χ3v) is 2.31. The van der Waals surface area contributed by atoms with Crippen molar-refractivity contribution in [2.45, 2.75) is 6.42 Å². The predicted octanol–water partition coefficient (Wildman–Crippen LogP) is 2.25. The van der Waals surface area contributed by atoms with E-state index in [0.717, 1.165) is 11.1 Å². The maximum atomic E-state index is 9.37. The summed E-state index contributed by atoms with van der Waals surface area (Å²) in [7, 11) is 0. The fraction of sp³-hybridized carbons (Fsp3) is 0.0769. The number of aromatic nitrogens is 1. The Balaban J connectivity index is 2.27. The summed E-state index contributed by atoms with van der Waals surface area (Å²) in [6.45, 7) is 0. The van der Waals surface area contributed by atoms with Gasteiger partial charge in [-0.2, -0.15) is 5.26 Å². The minimum absolute atomic E-state index is 0.0254. The van der Waals surface area contributed by atoms with Crippen LogP contribution in [-0.4, -0.2) is 10.1 Å². The predicted molar refractivity (Wildman–Crippen MR) is 59.9 cm³/mol. The molecule has 0 bridgehead atoms. The van der Waals surface area contributed by atoms with Gasteiger partial charge in [0, 0.05) is 12.4 Å². The lowest BCUT2D eigenvalue weighted by Crippen LogP contribution is -1.90. The van der Waals surface area contributed by atoms with Gasteiger partial charge in [0.05, 0.1) is 5.56 Å². The van der Waals surface area contributed by atoms with E-state index in [1.807, 2.05) is 24.3 Å². The second-order valence-corrected chi connectivity index (χ2v) is 3.50. The lowest BCUT2D eigenvalue weighted by atomic mass is 10.0.